The van der Waals surface area contributed by atoms with Gasteiger partial charge in [-0.3, -0.25) is 9.59 Å². The number of aromatic nitrogens is 1. The fourth-order valence-corrected chi connectivity index (χ4v) is 3.19. The minimum atomic E-state index is -3.72. The minimum absolute atomic E-state index is 0.0726. The van der Waals surface area contributed by atoms with E-state index >= 15 is 0 Å². The molecular formula is C17H20N2O6S. The number of hydrogen-bond donors (Lipinski definition) is 0. The normalized spacial score (nSPS) is 11.4. The largest absolute Gasteiger partial charge is 0.497 e. The summed E-state index contributed by atoms with van der Waals surface area (Å²) < 4.78 is 36.8. The summed E-state index contributed by atoms with van der Waals surface area (Å²) in [6, 6.07) is 7.03. The molecule has 0 amide bonds. The number of methoxy groups -OCH3 is 2. The van der Waals surface area contributed by atoms with Crippen LogP contribution in [0, 0.1) is 0 Å². The molecule has 0 atom stereocenters. The van der Waals surface area contributed by atoms with Crippen LogP contribution in [0.25, 0.3) is 0 Å². The first-order chi connectivity index (χ1) is 12.2. The number of ether oxygens (including phenoxy) is 2. The zero-order valence-electron chi connectivity index (χ0n) is 14.9. The lowest BCUT2D eigenvalue weighted by Crippen LogP contribution is -2.27. The SMILES string of the molecule is COc1ccc(C(=O)Cn2cc(S(=O)(=O)N(C)C)ccc2=O)c(OC)c1. The van der Waals surface area contributed by atoms with E-state index in [1.54, 1.807) is 12.1 Å². The van der Waals surface area contributed by atoms with Crippen LogP contribution in [-0.4, -0.2) is 51.4 Å². The summed E-state index contributed by atoms with van der Waals surface area (Å²) >= 11 is 0. The summed E-state index contributed by atoms with van der Waals surface area (Å²) in [5.74, 6) is 0.431. The Bertz CT molecular complexity index is 979. The molecule has 0 saturated carbocycles. The lowest BCUT2D eigenvalue weighted by Gasteiger charge is -2.14. The number of benzene rings is 1. The number of hydrogen-bond acceptors (Lipinski definition) is 6. The Hall–Kier alpha value is -2.65. The van der Waals surface area contributed by atoms with E-state index in [1.807, 2.05) is 0 Å². The van der Waals surface area contributed by atoms with Crippen LogP contribution in [-0.2, 0) is 16.6 Å². The van der Waals surface area contributed by atoms with E-state index in [2.05, 4.69) is 0 Å². The third-order valence-electron chi connectivity index (χ3n) is 3.76. The number of pyridine rings is 1. The Balaban J connectivity index is 2.40. The maximum atomic E-state index is 12.6. The van der Waals surface area contributed by atoms with Gasteiger partial charge in [-0.05, 0) is 18.2 Å². The summed E-state index contributed by atoms with van der Waals surface area (Å²) in [7, 11) is 1.97. The monoisotopic (exact) mass is 380 g/mol. The molecule has 0 aliphatic heterocycles. The molecule has 1 aromatic heterocycles. The molecule has 1 aromatic carbocycles. The molecule has 1 heterocycles. The summed E-state index contributed by atoms with van der Waals surface area (Å²) in [6.45, 7) is -0.321. The zero-order chi connectivity index (χ0) is 19.5. The summed E-state index contributed by atoms with van der Waals surface area (Å²) in [6.07, 6.45) is 1.16. The van der Waals surface area contributed by atoms with Crippen LogP contribution < -0.4 is 15.0 Å². The highest BCUT2D eigenvalue weighted by Gasteiger charge is 2.20. The van der Waals surface area contributed by atoms with Gasteiger partial charge in [0, 0.05) is 32.4 Å². The van der Waals surface area contributed by atoms with Crippen LogP contribution in [0.5, 0.6) is 11.5 Å². The first-order valence-corrected chi connectivity index (χ1v) is 9.03. The molecule has 8 nitrogen and oxygen atoms in total. The fourth-order valence-electron chi connectivity index (χ4n) is 2.27. The third kappa shape index (κ3) is 3.94. The molecule has 9 heteroatoms. The van der Waals surface area contributed by atoms with Gasteiger partial charge in [0.05, 0.1) is 31.2 Å². The molecule has 140 valence electrons. The highest BCUT2D eigenvalue weighted by Crippen LogP contribution is 2.25. The first kappa shape index (κ1) is 19.7. The van der Waals surface area contributed by atoms with Crippen LogP contribution in [0.4, 0.5) is 0 Å². The molecule has 0 radical (unpaired) electrons. The van der Waals surface area contributed by atoms with E-state index in [0.29, 0.717) is 11.5 Å². The van der Waals surface area contributed by atoms with E-state index in [4.69, 9.17) is 9.47 Å². The number of carbonyl (C=O) groups is 1. The van der Waals surface area contributed by atoms with E-state index in [9.17, 15) is 18.0 Å². The van der Waals surface area contributed by atoms with E-state index in [0.717, 1.165) is 21.1 Å². The summed E-state index contributed by atoms with van der Waals surface area (Å²) in [5.41, 5.74) is -0.218. The van der Waals surface area contributed by atoms with E-state index in [-0.39, 0.29) is 17.0 Å². The second-order valence-electron chi connectivity index (χ2n) is 5.61. The third-order valence-corrected chi connectivity index (χ3v) is 5.56. The molecule has 0 aliphatic carbocycles. The van der Waals surface area contributed by atoms with Crippen molar-refractivity contribution in [2.75, 3.05) is 28.3 Å². The van der Waals surface area contributed by atoms with Crippen molar-refractivity contribution in [3.8, 4) is 11.5 Å². The van der Waals surface area contributed by atoms with E-state index < -0.39 is 21.4 Å². The second kappa shape index (κ2) is 7.71. The molecule has 0 spiro atoms. The van der Waals surface area contributed by atoms with Gasteiger partial charge in [-0.25, -0.2) is 12.7 Å². The van der Waals surface area contributed by atoms with Gasteiger partial charge in [-0.2, -0.15) is 0 Å². The van der Waals surface area contributed by atoms with Crippen LogP contribution >= 0.6 is 0 Å². The lowest BCUT2D eigenvalue weighted by molar-refractivity contribution is 0.0967. The average Bonchev–Trinajstić information content (AvgIpc) is 2.62. The van der Waals surface area contributed by atoms with Crippen molar-refractivity contribution in [2.45, 2.75) is 11.4 Å². The van der Waals surface area contributed by atoms with Crippen molar-refractivity contribution in [1.82, 2.24) is 8.87 Å². The molecule has 2 aromatic rings. The molecule has 26 heavy (non-hydrogen) atoms. The van der Waals surface area contributed by atoms with Crippen molar-refractivity contribution in [1.29, 1.82) is 0 Å². The first-order valence-electron chi connectivity index (χ1n) is 7.59. The molecule has 0 fully saturated rings. The molecule has 2 rings (SSSR count). The van der Waals surface area contributed by atoms with Crippen molar-refractivity contribution >= 4 is 15.8 Å². The molecule has 0 N–H and O–H groups in total. The van der Waals surface area contributed by atoms with Gasteiger partial charge in [0.1, 0.15) is 11.5 Å². The molecular weight excluding hydrogens is 360 g/mol. The van der Waals surface area contributed by atoms with E-state index in [1.165, 1.54) is 40.4 Å². The van der Waals surface area contributed by atoms with Crippen LogP contribution in [0.2, 0.25) is 0 Å². The lowest BCUT2D eigenvalue weighted by atomic mass is 10.1. The van der Waals surface area contributed by atoms with Gasteiger partial charge in [0.15, 0.2) is 5.78 Å². The number of ketones is 1. The second-order valence-corrected chi connectivity index (χ2v) is 7.76. The van der Waals surface area contributed by atoms with Crippen molar-refractivity contribution in [2.24, 2.45) is 0 Å². The average molecular weight is 380 g/mol. The Morgan fingerprint density at radius 1 is 1.12 bits per heavy atom. The Kier molecular flexibility index (Phi) is 5.83. The van der Waals surface area contributed by atoms with Gasteiger partial charge in [-0.1, -0.05) is 0 Å². The smallest absolute Gasteiger partial charge is 0.251 e. The Labute approximate surface area is 151 Å². The van der Waals surface area contributed by atoms with Crippen LogP contribution in [0.3, 0.4) is 0 Å². The zero-order valence-corrected chi connectivity index (χ0v) is 15.7. The predicted molar refractivity (Wildman–Crippen MR) is 95.5 cm³/mol. The van der Waals surface area contributed by atoms with Gasteiger partial charge in [0.25, 0.3) is 5.56 Å². The van der Waals surface area contributed by atoms with Gasteiger partial charge < -0.3 is 14.0 Å². The Morgan fingerprint density at radius 2 is 1.81 bits per heavy atom. The standard InChI is InChI=1S/C17H20N2O6S/c1-18(2)26(22,23)13-6-8-17(21)19(10-13)11-15(20)14-7-5-12(24-3)9-16(14)25-4/h5-10H,11H2,1-4H3. The van der Waals surface area contributed by atoms with Crippen LogP contribution in [0.15, 0.2) is 46.2 Å². The highest BCUT2D eigenvalue weighted by atomic mass is 32.2. The van der Waals surface area contributed by atoms with Gasteiger partial charge in [-0.15, -0.1) is 0 Å². The molecule has 0 aliphatic rings. The van der Waals surface area contributed by atoms with Crippen LogP contribution in [0.1, 0.15) is 10.4 Å². The number of rotatable bonds is 7. The van der Waals surface area contributed by atoms with Crippen molar-refractivity contribution < 1.29 is 22.7 Å². The van der Waals surface area contributed by atoms with Gasteiger partial charge >= 0.3 is 0 Å². The number of Topliss-reactive ketones (excluding diaryl/α,β-unsaturated/α-hetero) is 1. The fraction of sp³-hybridized carbons (Fsp3) is 0.294. The van der Waals surface area contributed by atoms with Gasteiger partial charge in [0.2, 0.25) is 10.0 Å². The predicted octanol–water partition coefficient (Wildman–Crippen LogP) is 0.999. The topological polar surface area (TPSA) is 94.9 Å². The number of carbonyl (C=O) groups excluding carboxylic acids is 1. The number of sulfonamides is 1. The minimum Gasteiger partial charge on any atom is -0.497 e. The molecule has 0 unspecified atom stereocenters. The maximum Gasteiger partial charge on any atom is 0.251 e. The Morgan fingerprint density at radius 3 is 2.38 bits per heavy atom. The quantitative estimate of drug-likeness (QED) is 0.665. The number of nitrogens with zero attached hydrogens (tertiary/aromatic N) is 2. The summed E-state index contributed by atoms with van der Waals surface area (Å²) in [5, 5.41) is 0. The van der Waals surface area contributed by atoms with Crippen molar-refractivity contribution in [3.63, 3.8) is 0 Å². The maximum absolute atomic E-state index is 12.6. The highest BCUT2D eigenvalue weighted by molar-refractivity contribution is 7.89. The van der Waals surface area contributed by atoms with Crippen molar-refractivity contribution in [3.05, 3.63) is 52.4 Å². The summed E-state index contributed by atoms with van der Waals surface area (Å²) in [4.78, 5) is 24.6. The molecule has 0 bridgehead atoms. The molecule has 0 saturated heterocycles.